The van der Waals surface area contributed by atoms with Crippen LogP contribution in [0.2, 0.25) is 0 Å². The predicted octanol–water partition coefficient (Wildman–Crippen LogP) is 1.67. The third-order valence-corrected chi connectivity index (χ3v) is 5.14. The number of hydrogen-bond acceptors (Lipinski definition) is 5. The lowest BCUT2D eigenvalue weighted by molar-refractivity contribution is -0.132. The number of fused-ring (bicyclic) bond motifs is 1. The van der Waals surface area contributed by atoms with E-state index in [-0.39, 0.29) is 35.5 Å². The highest BCUT2D eigenvalue weighted by Crippen LogP contribution is 2.13. The van der Waals surface area contributed by atoms with Crippen molar-refractivity contribution >= 4 is 22.8 Å². The van der Waals surface area contributed by atoms with Gasteiger partial charge in [0, 0.05) is 31.3 Å². The number of rotatable bonds is 7. The first-order chi connectivity index (χ1) is 15.2. The Morgan fingerprint density at radius 1 is 1.12 bits per heavy atom. The molecule has 3 rings (SSSR count). The molecule has 0 saturated heterocycles. The summed E-state index contributed by atoms with van der Waals surface area (Å²) in [6.07, 6.45) is 1.29. The second-order valence-electron chi connectivity index (χ2n) is 7.21. The molecule has 0 aliphatic carbocycles. The van der Waals surface area contributed by atoms with Gasteiger partial charge in [-0.3, -0.25) is 18.7 Å². The molecule has 32 heavy (non-hydrogen) atoms. The zero-order valence-electron chi connectivity index (χ0n) is 17.9. The normalized spacial score (nSPS) is 11.4. The molecule has 1 amide bonds. The molecule has 0 fully saturated rings. The maximum absolute atomic E-state index is 12.9. The molecule has 0 atom stereocenters. The Bertz CT molecular complexity index is 1330. The molecule has 0 aliphatic heterocycles. The van der Waals surface area contributed by atoms with E-state index in [0.29, 0.717) is 11.3 Å². The molecule has 0 spiro atoms. The lowest BCUT2D eigenvalue weighted by Crippen LogP contribution is -2.39. The molecule has 0 unspecified atom stereocenters. The number of aryl methyl sites for hydroxylation is 1. The Hall–Kier alpha value is -4.14. The van der Waals surface area contributed by atoms with Crippen molar-refractivity contribution in [2.75, 3.05) is 7.11 Å². The van der Waals surface area contributed by atoms with Crippen LogP contribution >= 0.6 is 0 Å². The molecule has 0 radical (unpaired) electrons. The number of methoxy groups -OCH3 is 1. The van der Waals surface area contributed by atoms with E-state index in [1.54, 1.807) is 31.4 Å². The number of allylic oxidation sites excluding steroid dienone is 1. The molecule has 0 saturated carbocycles. The maximum atomic E-state index is 12.9. The van der Waals surface area contributed by atoms with Gasteiger partial charge in [-0.05, 0) is 42.8 Å². The third kappa shape index (κ3) is 4.61. The van der Waals surface area contributed by atoms with Gasteiger partial charge in [0.1, 0.15) is 5.75 Å². The average Bonchev–Trinajstić information content (AvgIpc) is 2.80. The molecule has 1 heterocycles. The molecular weight excluding hydrogens is 414 g/mol. The van der Waals surface area contributed by atoms with E-state index in [2.05, 4.69) is 5.32 Å². The van der Waals surface area contributed by atoms with Crippen molar-refractivity contribution in [2.24, 2.45) is 7.05 Å². The lowest BCUT2D eigenvalue weighted by Gasteiger charge is -2.11. The van der Waals surface area contributed by atoms with Crippen LogP contribution in [-0.2, 0) is 24.9 Å². The fourth-order valence-corrected chi connectivity index (χ4v) is 3.16. The number of carboxylic acid groups (broad SMARTS) is 1. The molecule has 166 valence electrons. The number of ether oxygens (including phenoxy) is 1. The van der Waals surface area contributed by atoms with E-state index in [1.165, 1.54) is 30.7 Å². The second-order valence-corrected chi connectivity index (χ2v) is 7.21. The number of carboxylic acids is 1. The van der Waals surface area contributed by atoms with Crippen LogP contribution in [0.3, 0.4) is 0 Å². The molecule has 3 aromatic rings. The van der Waals surface area contributed by atoms with Crippen molar-refractivity contribution in [1.82, 2.24) is 14.5 Å². The zero-order valence-corrected chi connectivity index (χ0v) is 17.9. The van der Waals surface area contributed by atoms with Crippen molar-refractivity contribution in [2.45, 2.75) is 20.0 Å². The summed E-state index contributed by atoms with van der Waals surface area (Å²) >= 11 is 0. The first kappa shape index (κ1) is 22.5. The number of nitrogens with one attached hydrogen (secondary N) is 1. The lowest BCUT2D eigenvalue weighted by atomic mass is 10.1. The van der Waals surface area contributed by atoms with Crippen LogP contribution in [0.5, 0.6) is 5.75 Å². The summed E-state index contributed by atoms with van der Waals surface area (Å²) in [5, 5.41) is 12.0. The first-order valence-electron chi connectivity index (χ1n) is 9.77. The van der Waals surface area contributed by atoms with Gasteiger partial charge < -0.3 is 15.2 Å². The van der Waals surface area contributed by atoms with Crippen molar-refractivity contribution in [3.63, 3.8) is 0 Å². The number of amides is 1. The Kier molecular flexibility index (Phi) is 6.58. The Labute approximate surface area is 183 Å². The molecule has 9 heteroatoms. The van der Waals surface area contributed by atoms with Gasteiger partial charge in [0.15, 0.2) is 0 Å². The van der Waals surface area contributed by atoms with Gasteiger partial charge in [-0.2, -0.15) is 0 Å². The van der Waals surface area contributed by atoms with E-state index in [1.807, 2.05) is 12.1 Å². The van der Waals surface area contributed by atoms with Crippen LogP contribution < -0.4 is 21.3 Å². The highest BCUT2D eigenvalue weighted by Gasteiger charge is 2.14. The fraction of sp³-hybridized carbons (Fsp3) is 0.217. The number of carbonyl (C=O) groups excluding carboxylic acids is 1. The Morgan fingerprint density at radius 3 is 2.44 bits per heavy atom. The summed E-state index contributed by atoms with van der Waals surface area (Å²) in [6, 6.07) is 11.8. The summed E-state index contributed by atoms with van der Waals surface area (Å²) in [4.78, 5) is 49.1. The topological polar surface area (TPSA) is 120 Å². The predicted molar refractivity (Wildman–Crippen MR) is 119 cm³/mol. The number of aliphatic carboxylic acids is 1. The SMILES string of the molecule is COc1ccc(CNC(=O)c2ccc3c(c2)c(=O)n(CC=C(C)C(=O)O)c(=O)n3C)cc1. The number of carbonyl (C=O) groups is 2. The molecule has 9 nitrogen and oxygen atoms in total. The minimum absolute atomic E-state index is 0.0192. The van der Waals surface area contributed by atoms with Gasteiger partial charge in [0.05, 0.1) is 18.0 Å². The van der Waals surface area contributed by atoms with Crippen LogP contribution in [0.4, 0.5) is 0 Å². The van der Waals surface area contributed by atoms with Gasteiger partial charge in [0.25, 0.3) is 11.5 Å². The highest BCUT2D eigenvalue weighted by atomic mass is 16.5. The molecular formula is C23H23N3O6. The van der Waals surface area contributed by atoms with Gasteiger partial charge in [-0.25, -0.2) is 9.59 Å². The van der Waals surface area contributed by atoms with Crippen molar-refractivity contribution in [3.05, 3.63) is 86.1 Å². The van der Waals surface area contributed by atoms with E-state index < -0.39 is 17.2 Å². The summed E-state index contributed by atoms with van der Waals surface area (Å²) < 4.78 is 7.34. The van der Waals surface area contributed by atoms with E-state index in [9.17, 15) is 19.2 Å². The number of benzene rings is 2. The van der Waals surface area contributed by atoms with Crippen molar-refractivity contribution in [3.8, 4) is 5.75 Å². The van der Waals surface area contributed by atoms with Crippen LogP contribution in [-0.4, -0.2) is 33.2 Å². The van der Waals surface area contributed by atoms with Crippen molar-refractivity contribution in [1.29, 1.82) is 0 Å². The van der Waals surface area contributed by atoms with E-state index in [4.69, 9.17) is 9.84 Å². The van der Waals surface area contributed by atoms with Gasteiger partial charge in [-0.1, -0.05) is 18.2 Å². The smallest absolute Gasteiger partial charge is 0.331 e. The van der Waals surface area contributed by atoms with E-state index in [0.717, 1.165) is 10.1 Å². The second kappa shape index (κ2) is 9.34. The summed E-state index contributed by atoms with van der Waals surface area (Å²) in [5.74, 6) is -0.791. The monoisotopic (exact) mass is 437 g/mol. The molecule has 0 aliphatic rings. The summed E-state index contributed by atoms with van der Waals surface area (Å²) in [5.41, 5.74) is 0.374. The fourth-order valence-electron chi connectivity index (χ4n) is 3.16. The Morgan fingerprint density at radius 2 is 1.81 bits per heavy atom. The number of aromatic nitrogens is 2. The number of nitrogens with zero attached hydrogens (tertiary/aromatic N) is 2. The van der Waals surface area contributed by atoms with Gasteiger partial charge in [0.2, 0.25) is 0 Å². The molecule has 2 aromatic carbocycles. The summed E-state index contributed by atoms with van der Waals surface area (Å²) in [7, 11) is 3.09. The zero-order chi connectivity index (χ0) is 23.4. The minimum atomic E-state index is -1.13. The third-order valence-electron chi connectivity index (χ3n) is 5.14. The maximum Gasteiger partial charge on any atom is 0.331 e. The molecule has 0 bridgehead atoms. The van der Waals surface area contributed by atoms with Gasteiger partial charge in [-0.15, -0.1) is 0 Å². The standard InChI is InChI=1S/C23H23N3O6/c1-14(22(29)30)10-11-26-21(28)18-12-16(6-9-19(18)25(2)23(26)31)20(27)24-13-15-4-7-17(32-3)8-5-15/h4-10,12H,11,13H2,1-3H3,(H,24,27)(H,29,30). The Balaban J connectivity index is 1.91. The molecule has 2 N–H and O–H groups in total. The number of hydrogen-bond donors (Lipinski definition) is 2. The van der Waals surface area contributed by atoms with Crippen LogP contribution in [0, 0.1) is 0 Å². The highest BCUT2D eigenvalue weighted by molar-refractivity contribution is 5.97. The summed E-state index contributed by atoms with van der Waals surface area (Å²) in [6.45, 7) is 1.48. The van der Waals surface area contributed by atoms with Crippen LogP contribution in [0.15, 0.2) is 63.7 Å². The average molecular weight is 437 g/mol. The van der Waals surface area contributed by atoms with Gasteiger partial charge >= 0.3 is 11.7 Å². The minimum Gasteiger partial charge on any atom is -0.497 e. The van der Waals surface area contributed by atoms with Crippen LogP contribution in [0.1, 0.15) is 22.8 Å². The van der Waals surface area contributed by atoms with Crippen molar-refractivity contribution < 1.29 is 19.4 Å². The first-order valence-corrected chi connectivity index (χ1v) is 9.77. The quantitative estimate of drug-likeness (QED) is 0.543. The largest absolute Gasteiger partial charge is 0.497 e. The van der Waals surface area contributed by atoms with E-state index >= 15 is 0 Å². The van der Waals surface area contributed by atoms with Crippen LogP contribution in [0.25, 0.3) is 10.9 Å². The molecule has 1 aromatic heterocycles.